The molecule has 0 aliphatic heterocycles. The summed E-state index contributed by atoms with van der Waals surface area (Å²) in [4.78, 5) is 58.9. The molecule has 0 spiro atoms. The van der Waals surface area contributed by atoms with E-state index in [2.05, 4.69) is 20.3 Å². The molecule has 0 atom stereocenters. The van der Waals surface area contributed by atoms with Crippen molar-refractivity contribution >= 4 is 22.5 Å². The number of aryl methyl sites for hydroxylation is 1. The quantitative estimate of drug-likeness (QED) is 0.446. The summed E-state index contributed by atoms with van der Waals surface area (Å²) in [5.41, 5.74) is 1.24. The van der Waals surface area contributed by atoms with Gasteiger partial charge in [0.2, 0.25) is 0 Å². The van der Waals surface area contributed by atoms with Gasteiger partial charge in [0.15, 0.2) is 0 Å². The Labute approximate surface area is 181 Å². The van der Waals surface area contributed by atoms with Gasteiger partial charge in [0.25, 0.3) is 17.0 Å². The van der Waals surface area contributed by atoms with Gasteiger partial charge < -0.3 is 15.3 Å². The third-order valence-electron chi connectivity index (χ3n) is 5.11. The van der Waals surface area contributed by atoms with Gasteiger partial charge in [0, 0.05) is 35.1 Å². The van der Waals surface area contributed by atoms with Crippen LogP contribution in [0.15, 0.2) is 62.9 Å². The molecule has 0 saturated carbocycles. The molecule has 0 radical (unpaired) electrons. The van der Waals surface area contributed by atoms with Crippen LogP contribution in [0.3, 0.4) is 0 Å². The number of benzene rings is 2. The zero-order chi connectivity index (χ0) is 22.8. The van der Waals surface area contributed by atoms with Gasteiger partial charge in [0.1, 0.15) is 5.82 Å². The van der Waals surface area contributed by atoms with Crippen LogP contribution in [0.1, 0.15) is 29.9 Å². The van der Waals surface area contributed by atoms with Crippen molar-refractivity contribution in [2.24, 2.45) is 0 Å². The summed E-state index contributed by atoms with van der Waals surface area (Å²) in [6, 6.07) is 12.9. The summed E-state index contributed by atoms with van der Waals surface area (Å²) in [5, 5.41) is 3.12. The number of fused-ring (bicyclic) bond motifs is 1. The van der Waals surface area contributed by atoms with Crippen LogP contribution < -0.4 is 22.1 Å². The predicted molar refractivity (Wildman–Crippen MR) is 122 cm³/mol. The molecule has 0 bridgehead atoms. The highest BCUT2D eigenvalue weighted by atomic mass is 16.2. The Morgan fingerprint density at radius 3 is 2.59 bits per heavy atom. The number of nitrogens with one attached hydrogen (secondary N) is 3. The number of aromatic amines is 2. The van der Waals surface area contributed by atoms with E-state index in [1.54, 1.807) is 31.2 Å². The molecule has 9 nitrogen and oxygen atoms in total. The topological polar surface area (TPSA) is 130 Å². The Morgan fingerprint density at radius 2 is 1.84 bits per heavy atom. The van der Waals surface area contributed by atoms with Crippen molar-refractivity contribution in [3.63, 3.8) is 0 Å². The Morgan fingerprint density at radius 1 is 1.03 bits per heavy atom. The smallest absolute Gasteiger partial charge is 0.322 e. The van der Waals surface area contributed by atoms with Gasteiger partial charge in [-0.2, -0.15) is 0 Å². The first-order valence-corrected chi connectivity index (χ1v) is 10.2. The lowest BCUT2D eigenvalue weighted by Gasteiger charge is -2.09. The van der Waals surface area contributed by atoms with E-state index in [1.165, 1.54) is 24.3 Å². The summed E-state index contributed by atoms with van der Waals surface area (Å²) in [5.74, 6) is 0.00858. The normalized spacial score (nSPS) is 10.9. The van der Waals surface area contributed by atoms with Gasteiger partial charge in [-0.05, 0) is 43.7 Å². The Hall–Kier alpha value is -4.27. The lowest BCUT2D eigenvalue weighted by molar-refractivity contribution is 0.102. The second kappa shape index (κ2) is 8.46. The number of hydrogen-bond donors (Lipinski definition) is 3. The van der Waals surface area contributed by atoms with Crippen LogP contribution >= 0.6 is 0 Å². The maximum absolute atomic E-state index is 12.8. The lowest BCUT2D eigenvalue weighted by Crippen LogP contribution is -2.34. The highest BCUT2D eigenvalue weighted by Gasteiger charge is 2.12. The van der Waals surface area contributed by atoms with E-state index in [0.29, 0.717) is 40.1 Å². The van der Waals surface area contributed by atoms with E-state index < -0.39 is 17.2 Å². The fourth-order valence-corrected chi connectivity index (χ4v) is 3.46. The van der Waals surface area contributed by atoms with Crippen molar-refractivity contribution in [1.29, 1.82) is 0 Å². The Balaban J connectivity index is 1.65. The molecule has 4 aromatic rings. The van der Waals surface area contributed by atoms with Crippen molar-refractivity contribution in [3.8, 4) is 11.4 Å². The Bertz CT molecular complexity index is 1510. The van der Waals surface area contributed by atoms with Crippen LogP contribution in [0.25, 0.3) is 22.3 Å². The minimum Gasteiger partial charge on any atom is -0.322 e. The average Bonchev–Trinajstić information content (AvgIpc) is 2.78. The van der Waals surface area contributed by atoms with E-state index in [9.17, 15) is 19.2 Å². The summed E-state index contributed by atoms with van der Waals surface area (Å²) in [6.45, 7) is 3.88. The number of anilines is 1. The minimum atomic E-state index is -0.522. The highest BCUT2D eigenvalue weighted by Crippen LogP contribution is 2.20. The molecule has 0 saturated heterocycles. The van der Waals surface area contributed by atoms with Crippen LogP contribution in [0.4, 0.5) is 5.69 Å². The van der Waals surface area contributed by atoms with Gasteiger partial charge in [0.05, 0.1) is 10.9 Å². The standard InChI is InChI=1S/C23H21N5O4/c1-3-15-12-19(29)27-20(24-15)13-6-5-7-16(10-13)25-21(30)14-8-9-17-18(11-14)26-23(32)28(4-2)22(17)31/h5-12H,3-4H2,1-2H3,(H,25,30)(H,26,32)(H,24,27,29). The molecule has 3 N–H and O–H groups in total. The van der Waals surface area contributed by atoms with E-state index in [1.807, 2.05) is 6.92 Å². The number of amides is 1. The molecule has 2 heterocycles. The van der Waals surface area contributed by atoms with Crippen molar-refractivity contribution in [2.75, 3.05) is 5.32 Å². The first-order chi connectivity index (χ1) is 15.4. The van der Waals surface area contributed by atoms with Crippen molar-refractivity contribution in [3.05, 3.63) is 91.0 Å². The number of nitrogens with zero attached hydrogens (tertiary/aromatic N) is 2. The molecule has 9 heteroatoms. The second-order valence-corrected chi connectivity index (χ2v) is 7.21. The van der Waals surface area contributed by atoms with Crippen LogP contribution in [0.2, 0.25) is 0 Å². The third kappa shape index (κ3) is 4.00. The summed E-state index contributed by atoms with van der Waals surface area (Å²) in [6.07, 6.45) is 0.626. The number of carbonyl (C=O) groups is 1. The molecule has 0 unspecified atom stereocenters. The minimum absolute atomic E-state index is 0.242. The summed E-state index contributed by atoms with van der Waals surface area (Å²) < 4.78 is 1.10. The van der Waals surface area contributed by atoms with E-state index in [0.717, 1.165) is 4.57 Å². The average molecular weight is 431 g/mol. The molecule has 162 valence electrons. The van der Waals surface area contributed by atoms with Gasteiger partial charge in [-0.1, -0.05) is 19.1 Å². The number of H-pyrrole nitrogens is 2. The van der Waals surface area contributed by atoms with Crippen molar-refractivity contribution in [1.82, 2.24) is 19.5 Å². The third-order valence-corrected chi connectivity index (χ3v) is 5.11. The molecule has 2 aromatic carbocycles. The summed E-state index contributed by atoms with van der Waals surface area (Å²) >= 11 is 0. The van der Waals surface area contributed by atoms with Crippen LogP contribution in [0.5, 0.6) is 0 Å². The van der Waals surface area contributed by atoms with Gasteiger partial charge in [-0.15, -0.1) is 0 Å². The van der Waals surface area contributed by atoms with Crippen molar-refractivity contribution < 1.29 is 4.79 Å². The lowest BCUT2D eigenvalue weighted by atomic mass is 10.1. The summed E-state index contributed by atoms with van der Waals surface area (Å²) in [7, 11) is 0. The van der Waals surface area contributed by atoms with Gasteiger partial charge in [-0.25, -0.2) is 9.78 Å². The molecule has 0 aliphatic carbocycles. The number of rotatable bonds is 5. The fraction of sp³-hybridized carbons (Fsp3) is 0.174. The molecule has 2 aromatic heterocycles. The van der Waals surface area contributed by atoms with Gasteiger partial charge >= 0.3 is 5.69 Å². The number of aromatic nitrogens is 4. The Kier molecular flexibility index (Phi) is 5.55. The highest BCUT2D eigenvalue weighted by molar-refractivity contribution is 6.06. The molecular formula is C23H21N5O4. The van der Waals surface area contributed by atoms with Crippen LogP contribution in [-0.2, 0) is 13.0 Å². The van der Waals surface area contributed by atoms with Gasteiger partial charge in [-0.3, -0.25) is 19.0 Å². The molecule has 0 aliphatic rings. The number of carbonyl (C=O) groups excluding carboxylic acids is 1. The van der Waals surface area contributed by atoms with Crippen LogP contribution in [-0.4, -0.2) is 25.4 Å². The second-order valence-electron chi connectivity index (χ2n) is 7.21. The SMILES string of the molecule is CCc1cc(=O)[nH]c(-c2cccc(NC(=O)c3ccc4c(=O)n(CC)c(=O)[nH]c4c3)c2)n1. The van der Waals surface area contributed by atoms with E-state index in [4.69, 9.17) is 0 Å². The largest absolute Gasteiger partial charge is 0.328 e. The maximum atomic E-state index is 12.8. The monoisotopic (exact) mass is 431 g/mol. The molecule has 4 rings (SSSR count). The van der Waals surface area contributed by atoms with E-state index >= 15 is 0 Å². The fourth-order valence-electron chi connectivity index (χ4n) is 3.46. The molecule has 1 amide bonds. The first kappa shape index (κ1) is 21.0. The first-order valence-electron chi connectivity index (χ1n) is 10.2. The molecule has 32 heavy (non-hydrogen) atoms. The zero-order valence-electron chi connectivity index (χ0n) is 17.6. The molecular weight excluding hydrogens is 410 g/mol. The zero-order valence-corrected chi connectivity index (χ0v) is 17.6. The maximum Gasteiger partial charge on any atom is 0.328 e. The van der Waals surface area contributed by atoms with Crippen LogP contribution in [0, 0.1) is 0 Å². The van der Waals surface area contributed by atoms with E-state index in [-0.39, 0.29) is 17.7 Å². The number of hydrogen-bond acceptors (Lipinski definition) is 5. The van der Waals surface area contributed by atoms with Crippen molar-refractivity contribution in [2.45, 2.75) is 26.8 Å². The molecule has 0 fully saturated rings. The predicted octanol–water partition coefficient (Wildman–Crippen LogP) is 2.27.